The Labute approximate surface area is 168 Å². The van der Waals surface area contributed by atoms with Crippen LogP contribution in [0.5, 0.6) is 0 Å². The summed E-state index contributed by atoms with van der Waals surface area (Å²) in [4.78, 5) is 1.60. The van der Waals surface area contributed by atoms with Gasteiger partial charge in [0, 0.05) is 0 Å². The van der Waals surface area contributed by atoms with Crippen molar-refractivity contribution >= 4 is 15.7 Å². The quantitative estimate of drug-likeness (QED) is 0.742. The molecule has 28 heavy (non-hydrogen) atoms. The van der Waals surface area contributed by atoms with Gasteiger partial charge in [-0.15, -0.1) is 0 Å². The van der Waals surface area contributed by atoms with Crippen LogP contribution in [-0.4, -0.2) is 45.8 Å². The summed E-state index contributed by atoms with van der Waals surface area (Å²) in [6, 6.07) is 15.9. The number of para-hydroxylation sites is 1. The van der Waals surface area contributed by atoms with Crippen molar-refractivity contribution in [1.82, 2.24) is 0 Å². The molecule has 0 radical (unpaired) electrons. The highest BCUT2D eigenvalue weighted by Gasteiger charge is 2.29. The van der Waals surface area contributed by atoms with Gasteiger partial charge in [-0.25, -0.2) is 8.42 Å². The van der Waals surface area contributed by atoms with Crippen LogP contribution in [0, 0.1) is 12.8 Å². The van der Waals surface area contributed by atoms with Crippen molar-refractivity contribution in [3.8, 4) is 0 Å². The van der Waals surface area contributed by atoms with Crippen LogP contribution in [0.4, 0.5) is 5.69 Å². The molecule has 0 aliphatic carbocycles. The molecule has 0 unspecified atom stereocenters. The van der Waals surface area contributed by atoms with Crippen molar-refractivity contribution in [1.29, 1.82) is 0 Å². The number of anilines is 1. The summed E-state index contributed by atoms with van der Waals surface area (Å²) in [7, 11) is -3.75. The minimum Gasteiger partial charge on any atom is -0.385 e. The predicted octanol–water partition coefficient (Wildman–Crippen LogP) is 1.87. The minimum atomic E-state index is -3.75. The smallest absolute Gasteiger partial charge is 0.264 e. The Morgan fingerprint density at radius 1 is 1.07 bits per heavy atom. The summed E-state index contributed by atoms with van der Waals surface area (Å²) < 4.78 is 28.0. The van der Waals surface area contributed by atoms with E-state index in [1.54, 1.807) is 36.4 Å². The summed E-state index contributed by atoms with van der Waals surface area (Å²) in [5.74, 6) is 0.739. The van der Waals surface area contributed by atoms with Crippen LogP contribution in [0.1, 0.15) is 25.3 Å². The van der Waals surface area contributed by atoms with E-state index >= 15 is 0 Å². The first kappa shape index (κ1) is 20.8. The highest BCUT2D eigenvalue weighted by Crippen LogP contribution is 2.24. The molecule has 1 aliphatic rings. The average molecular weight is 404 g/mol. The van der Waals surface area contributed by atoms with Gasteiger partial charge in [0.2, 0.25) is 0 Å². The number of piperidine rings is 1. The zero-order chi connectivity index (χ0) is 20.1. The Hall–Kier alpha value is -1.89. The van der Waals surface area contributed by atoms with Gasteiger partial charge >= 0.3 is 0 Å². The van der Waals surface area contributed by atoms with E-state index in [4.69, 9.17) is 0 Å². The third-order valence-corrected chi connectivity index (χ3v) is 7.34. The van der Waals surface area contributed by atoms with Gasteiger partial charge in [0.1, 0.15) is 12.6 Å². The van der Waals surface area contributed by atoms with Gasteiger partial charge in [-0.2, -0.15) is 0 Å². The van der Waals surface area contributed by atoms with Crippen LogP contribution >= 0.6 is 0 Å². The third-order valence-electron chi connectivity index (χ3n) is 5.54. The van der Waals surface area contributed by atoms with E-state index in [0.29, 0.717) is 12.2 Å². The molecule has 1 atom stereocenters. The van der Waals surface area contributed by atoms with Crippen LogP contribution < -0.4 is 9.21 Å². The second kappa shape index (κ2) is 9.07. The zero-order valence-corrected chi connectivity index (χ0v) is 17.5. The molecular formula is C22H31N2O3S+. The zero-order valence-electron chi connectivity index (χ0n) is 16.7. The van der Waals surface area contributed by atoms with Crippen molar-refractivity contribution in [2.75, 3.05) is 30.5 Å². The third kappa shape index (κ3) is 5.13. The predicted molar refractivity (Wildman–Crippen MR) is 112 cm³/mol. The fourth-order valence-corrected chi connectivity index (χ4v) is 5.24. The number of aryl methyl sites for hydroxylation is 1. The van der Waals surface area contributed by atoms with Crippen molar-refractivity contribution in [2.45, 2.75) is 37.7 Å². The van der Waals surface area contributed by atoms with E-state index < -0.39 is 16.1 Å². The topological polar surface area (TPSA) is 62.0 Å². The summed E-state index contributed by atoms with van der Waals surface area (Å²) >= 11 is 0. The average Bonchev–Trinajstić information content (AvgIpc) is 2.69. The fourth-order valence-electron chi connectivity index (χ4n) is 3.74. The normalized spacial score (nSPS) is 21.2. The summed E-state index contributed by atoms with van der Waals surface area (Å²) in [5.41, 5.74) is 1.58. The van der Waals surface area contributed by atoms with Gasteiger partial charge < -0.3 is 10.0 Å². The molecule has 0 saturated carbocycles. The molecule has 0 aromatic heterocycles. The first-order valence-electron chi connectivity index (χ1n) is 10.0. The lowest BCUT2D eigenvalue weighted by atomic mass is 9.99. The van der Waals surface area contributed by atoms with Crippen LogP contribution in [0.2, 0.25) is 0 Å². The van der Waals surface area contributed by atoms with Crippen LogP contribution in [-0.2, 0) is 10.0 Å². The van der Waals surface area contributed by atoms with Crippen molar-refractivity contribution in [3.63, 3.8) is 0 Å². The minimum absolute atomic E-state index is 0.0548. The van der Waals surface area contributed by atoms with E-state index in [2.05, 4.69) is 6.92 Å². The molecular weight excluding hydrogens is 372 g/mol. The summed E-state index contributed by atoms with van der Waals surface area (Å²) in [5, 5.41) is 10.7. The molecule has 0 bridgehead atoms. The number of quaternary nitrogens is 1. The Balaban J connectivity index is 1.80. The largest absolute Gasteiger partial charge is 0.385 e. The van der Waals surface area contributed by atoms with Gasteiger partial charge in [0.25, 0.3) is 10.0 Å². The molecule has 0 spiro atoms. The summed E-state index contributed by atoms with van der Waals surface area (Å²) in [6.07, 6.45) is 1.60. The maximum Gasteiger partial charge on any atom is 0.264 e. The van der Waals surface area contributed by atoms with E-state index in [0.717, 1.165) is 37.4 Å². The van der Waals surface area contributed by atoms with Gasteiger partial charge in [0.05, 0.1) is 30.2 Å². The molecule has 1 heterocycles. The van der Waals surface area contributed by atoms with Gasteiger partial charge in [0.15, 0.2) is 0 Å². The molecule has 2 N–H and O–H groups in total. The molecule has 1 fully saturated rings. The Morgan fingerprint density at radius 3 is 2.29 bits per heavy atom. The highest BCUT2D eigenvalue weighted by molar-refractivity contribution is 7.92. The second-order valence-corrected chi connectivity index (χ2v) is 9.84. The number of likely N-dealkylation sites (tertiary alicyclic amines) is 1. The fraction of sp³-hybridized carbons (Fsp3) is 0.455. The molecule has 1 saturated heterocycles. The van der Waals surface area contributed by atoms with E-state index in [1.807, 2.05) is 25.1 Å². The number of benzene rings is 2. The Morgan fingerprint density at radius 2 is 1.68 bits per heavy atom. The second-order valence-electron chi connectivity index (χ2n) is 7.98. The standard InChI is InChI=1S/C22H30N2O3S/c1-18-8-10-22(11-9-18)28(26,27)24(20-6-4-3-5-7-20)17-21(25)16-23-14-12-19(2)13-15-23/h3-11,19,21,25H,12-17H2,1-2H3/p+1/t21-/m0/s1. The monoisotopic (exact) mass is 403 g/mol. The number of rotatable bonds is 7. The first-order chi connectivity index (χ1) is 13.4. The van der Waals surface area contributed by atoms with Crippen LogP contribution in [0.25, 0.3) is 0 Å². The van der Waals surface area contributed by atoms with Gasteiger partial charge in [-0.1, -0.05) is 42.8 Å². The van der Waals surface area contributed by atoms with Crippen molar-refractivity contribution < 1.29 is 18.4 Å². The van der Waals surface area contributed by atoms with Gasteiger partial charge in [-0.3, -0.25) is 4.31 Å². The maximum absolute atomic E-state index is 13.3. The molecule has 152 valence electrons. The highest BCUT2D eigenvalue weighted by atomic mass is 32.2. The first-order valence-corrected chi connectivity index (χ1v) is 11.5. The number of nitrogens with one attached hydrogen (secondary N) is 1. The van der Waals surface area contributed by atoms with Crippen LogP contribution in [0.3, 0.4) is 0 Å². The summed E-state index contributed by atoms with van der Waals surface area (Å²) in [6.45, 7) is 6.89. The number of hydrogen-bond donors (Lipinski definition) is 2. The molecule has 6 heteroatoms. The molecule has 5 nitrogen and oxygen atoms in total. The lowest BCUT2D eigenvalue weighted by Gasteiger charge is -2.31. The lowest BCUT2D eigenvalue weighted by molar-refractivity contribution is -0.909. The van der Waals surface area contributed by atoms with Gasteiger partial charge in [-0.05, 0) is 49.9 Å². The number of nitrogens with zero attached hydrogens (tertiary/aromatic N) is 1. The molecule has 2 aromatic rings. The number of sulfonamides is 1. The number of aliphatic hydroxyl groups is 1. The number of aliphatic hydroxyl groups excluding tert-OH is 1. The molecule has 2 aromatic carbocycles. The van der Waals surface area contributed by atoms with E-state index in [1.165, 1.54) is 9.21 Å². The van der Waals surface area contributed by atoms with E-state index in [9.17, 15) is 13.5 Å². The molecule has 3 rings (SSSR count). The van der Waals surface area contributed by atoms with E-state index in [-0.39, 0.29) is 11.4 Å². The maximum atomic E-state index is 13.3. The van der Waals surface area contributed by atoms with Crippen molar-refractivity contribution in [3.05, 3.63) is 60.2 Å². The lowest BCUT2D eigenvalue weighted by Crippen LogP contribution is -3.14. The SMILES string of the molecule is Cc1ccc(S(=O)(=O)N(C[C@@H](O)C[NH+]2CCC(C)CC2)c2ccccc2)cc1. The Kier molecular flexibility index (Phi) is 6.75. The molecule has 1 aliphatic heterocycles. The Bertz CT molecular complexity index is 845. The number of hydrogen-bond acceptors (Lipinski definition) is 3. The molecule has 0 amide bonds. The van der Waals surface area contributed by atoms with Crippen molar-refractivity contribution in [2.24, 2.45) is 5.92 Å². The van der Waals surface area contributed by atoms with Crippen LogP contribution in [0.15, 0.2) is 59.5 Å².